The number of nitrogens with zero attached hydrogens (tertiary/aromatic N) is 2. The lowest BCUT2D eigenvalue weighted by Gasteiger charge is -2.24. The number of fused-ring (bicyclic) bond motifs is 2. The molecule has 0 unspecified atom stereocenters. The van der Waals surface area contributed by atoms with Gasteiger partial charge in [-0.1, -0.05) is 12.1 Å². The van der Waals surface area contributed by atoms with Crippen LogP contribution in [0, 0.1) is 0 Å². The Morgan fingerprint density at radius 3 is 2.72 bits per heavy atom. The Balaban J connectivity index is 1.67. The van der Waals surface area contributed by atoms with Crippen LogP contribution in [0.2, 0.25) is 0 Å². The van der Waals surface area contributed by atoms with E-state index in [1.807, 2.05) is 39.0 Å². The Bertz CT molecular complexity index is 936. The van der Waals surface area contributed by atoms with Gasteiger partial charge in [0, 0.05) is 10.4 Å². The number of carbonyl (C=O) groups is 1. The fraction of sp³-hybridized carbons (Fsp3) is 0.333. The van der Waals surface area contributed by atoms with E-state index >= 15 is 0 Å². The highest BCUT2D eigenvalue weighted by atomic mass is 32.1. The fourth-order valence-corrected chi connectivity index (χ4v) is 5.13. The molecule has 1 amide bonds. The maximum absolute atomic E-state index is 12.4. The first-order valence-electron chi connectivity index (χ1n) is 8.06. The van der Waals surface area contributed by atoms with Crippen molar-refractivity contribution in [1.29, 1.82) is 0 Å². The Kier molecular flexibility index (Phi) is 3.73. The van der Waals surface area contributed by atoms with Gasteiger partial charge in [0.1, 0.15) is 10.6 Å². The number of benzene rings is 1. The quantitative estimate of drug-likeness (QED) is 0.661. The first-order chi connectivity index (χ1) is 11.8. The molecule has 130 valence electrons. The highest BCUT2D eigenvalue weighted by Gasteiger charge is 2.33. The van der Waals surface area contributed by atoms with Crippen molar-refractivity contribution in [3.8, 4) is 10.6 Å². The zero-order chi connectivity index (χ0) is 17.8. The second-order valence-corrected chi connectivity index (χ2v) is 9.23. The molecular formula is C18H19N3O2S2. The first-order valence-corrected chi connectivity index (χ1v) is 9.69. The van der Waals surface area contributed by atoms with Crippen LogP contribution in [0.4, 0.5) is 9.80 Å². The largest absolute Gasteiger partial charge is 0.444 e. The van der Waals surface area contributed by atoms with E-state index in [0.717, 1.165) is 36.2 Å². The average molecular weight is 374 g/mol. The van der Waals surface area contributed by atoms with Crippen LogP contribution >= 0.6 is 22.7 Å². The average Bonchev–Trinajstić information content (AvgIpc) is 3.16. The van der Waals surface area contributed by atoms with Gasteiger partial charge >= 0.3 is 6.09 Å². The van der Waals surface area contributed by atoms with Crippen molar-refractivity contribution in [2.45, 2.75) is 39.5 Å². The van der Waals surface area contributed by atoms with Crippen LogP contribution in [0.25, 0.3) is 20.8 Å². The summed E-state index contributed by atoms with van der Waals surface area (Å²) in [6.07, 6.45) is -0.287. The van der Waals surface area contributed by atoms with Crippen molar-refractivity contribution in [3.05, 3.63) is 34.7 Å². The number of thiophene rings is 1. The number of anilines is 1. The molecule has 1 aliphatic heterocycles. The zero-order valence-corrected chi connectivity index (χ0v) is 16.0. The maximum Gasteiger partial charge on any atom is 0.410 e. The third kappa shape index (κ3) is 2.98. The van der Waals surface area contributed by atoms with E-state index in [9.17, 15) is 4.79 Å². The van der Waals surface area contributed by atoms with Gasteiger partial charge < -0.3 is 10.5 Å². The second kappa shape index (κ2) is 5.71. The summed E-state index contributed by atoms with van der Waals surface area (Å²) >= 11 is 3.18. The summed E-state index contributed by atoms with van der Waals surface area (Å²) in [5.74, 6) is 0. The number of hydrogen-bond donors (Lipinski definition) is 1. The molecule has 1 aliphatic rings. The molecular weight excluding hydrogens is 354 g/mol. The molecule has 5 nitrogen and oxygen atoms in total. The van der Waals surface area contributed by atoms with E-state index in [2.05, 4.69) is 6.07 Å². The van der Waals surface area contributed by atoms with Crippen molar-refractivity contribution in [2.24, 2.45) is 0 Å². The second-order valence-electron chi connectivity index (χ2n) is 7.07. The standard InChI is InChI=1S/C18H19N3O2S2/c1-18(2,3)23-17(22)21-8-10-13(9-21)24-15(19)14(10)16-20-11-6-4-5-7-12(11)25-16/h4-7H,8-9,19H2,1-3H3. The Morgan fingerprint density at radius 1 is 1.24 bits per heavy atom. The lowest BCUT2D eigenvalue weighted by molar-refractivity contribution is 0.0243. The number of nitrogen functional groups attached to an aromatic ring is 1. The molecule has 25 heavy (non-hydrogen) atoms. The zero-order valence-electron chi connectivity index (χ0n) is 14.3. The van der Waals surface area contributed by atoms with E-state index < -0.39 is 5.60 Å². The predicted molar refractivity (Wildman–Crippen MR) is 103 cm³/mol. The van der Waals surface area contributed by atoms with Gasteiger partial charge in [-0.25, -0.2) is 9.78 Å². The molecule has 0 fully saturated rings. The van der Waals surface area contributed by atoms with Gasteiger partial charge in [-0.2, -0.15) is 0 Å². The molecule has 1 aromatic carbocycles. The van der Waals surface area contributed by atoms with Gasteiger partial charge in [0.25, 0.3) is 0 Å². The summed E-state index contributed by atoms with van der Waals surface area (Å²) in [6.45, 7) is 6.69. The molecule has 0 spiro atoms. The van der Waals surface area contributed by atoms with Crippen LogP contribution in [0.5, 0.6) is 0 Å². The number of thiazole rings is 1. The van der Waals surface area contributed by atoms with Crippen LogP contribution in [0.3, 0.4) is 0 Å². The van der Waals surface area contributed by atoms with Crippen molar-refractivity contribution < 1.29 is 9.53 Å². The highest BCUT2D eigenvalue weighted by Crippen LogP contribution is 2.45. The fourth-order valence-electron chi connectivity index (χ4n) is 2.92. The van der Waals surface area contributed by atoms with Crippen LogP contribution in [-0.2, 0) is 17.8 Å². The molecule has 3 aromatic rings. The first kappa shape index (κ1) is 16.4. The Morgan fingerprint density at radius 2 is 2.00 bits per heavy atom. The van der Waals surface area contributed by atoms with E-state index in [1.165, 1.54) is 0 Å². The number of para-hydroxylation sites is 1. The molecule has 0 aliphatic carbocycles. The minimum absolute atomic E-state index is 0.287. The van der Waals surface area contributed by atoms with E-state index in [0.29, 0.717) is 13.1 Å². The van der Waals surface area contributed by atoms with Gasteiger partial charge in [0.05, 0.1) is 28.3 Å². The van der Waals surface area contributed by atoms with Gasteiger partial charge in [-0.3, -0.25) is 4.90 Å². The molecule has 3 heterocycles. The third-order valence-corrected chi connectivity index (χ3v) is 6.06. The van der Waals surface area contributed by atoms with E-state index in [4.69, 9.17) is 15.5 Å². The SMILES string of the molecule is CC(C)(C)OC(=O)N1Cc2sc(N)c(-c3nc4ccccc4s3)c2C1. The van der Waals surface area contributed by atoms with Crippen LogP contribution in [0.1, 0.15) is 31.2 Å². The molecule has 4 rings (SSSR count). The lowest BCUT2D eigenvalue weighted by atomic mass is 10.1. The molecule has 7 heteroatoms. The molecule has 0 radical (unpaired) electrons. The third-order valence-electron chi connectivity index (χ3n) is 3.96. The minimum atomic E-state index is -0.498. The van der Waals surface area contributed by atoms with Gasteiger partial charge in [-0.15, -0.1) is 22.7 Å². The van der Waals surface area contributed by atoms with Crippen molar-refractivity contribution in [3.63, 3.8) is 0 Å². The maximum atomic E-state index is 12.4. The van der Waals surface area contributed by atoms with Crippen molar-refractivity contribution in [2.75, 3.05) is 5.73 Å². The van der Waals surface area contributed by atoms with Crippen molar-refractivity contribution in [1.82, 2.24) is 9.88 Å². The Hall–Kier alpha value is -2.12. The molecule has 0 bridgehead atoms. The molecule has 0 atom stereocenters. The summed E-state index contributed by atoms with van der Waals surface area (Å²) in [7, 11) is 0. The summed E-state index contributed by atoms with van der Waals surface area (Å²) in [4.78, 5) is 19.9. The summed E-state index contributed by atoms with van der Waals surface area (Å²) < 4.78 is 6.63. The number of aromatic nitrogens is 1. The molecule has 0 saturated carbocycles. The molecule has 0 saturated heterocycles. The number of amides is 1. The van der Waals surface area contributed by atoms with Crippen LogP contribution in [0.15, 0.2) is 24.3 Å². The van der Waals surface area contributed by atoms with Crippen molar-refractivity contribution >= 4 is 44.0 Å². The lowest BCUT2D eigenvalue weighted by Crippen LogP contribution is -2.33. The smallest absolute Gasteiger partial charge is 0.410 e. The number of nitrogens with two attached hydrogens (primary N) is 1. The summed E-state index contributed by atoms with van der Waals surface area (Å²) in [5, 5.41) is 1.69. The monoisotopic (exact) mass is 373 g/mol. The summed E-state index contributed by atoms with van der Waals surface area (Å²) in [6, 6.07) is 8.06. The Labute approximate surface area is 154 Å². The molecule has 2 aromatic heterocycles. The highest BCUT2D eigenvalue weighted by molar-refractivity contribution is 7.22. The van der Waals surface area contributed by atoms with E-state index in [1.54, 1.807) is 27.6 Å². The van der Waals surface area contributed by atoms with Gasteiger partial charge in [0.2, 0.25) is 0 Å². The number of rotatable bonds is 1. The number of ether oxygens (including phenoxy) is 1. The number of carbonyl (C=O) groups excluding carboxylic acids is 1. The molecule has 2 N–H and O–H groups in total. The van der Waals surface area contributed by atoms with Gasteiger partial charge in [0.15, 0.2) is 0 Å². The van der Waals surface area contributed by atoms with Crippen LogP contribution < -0.4 is 5.73 Å². The minimum Gasteiger partial charge on any atom is -0.444 e. The summed E-state index contributed by atoms with van der Waals surface area (Å²) in [5.41, 5.74) is 8.84. The van der Waals surface area contributed by atoms with E-state index in [-0.39, 0.29) is 6.09 Å². The predicted octanol–water partition coefficient (Wildman–Crippen LogP) is 4.86. The topological polar surface area (TPSA) is 68.5 Å². The normalized spacial score (nSPS) is 14.1. The number of hydrogen-bond acceptors (Lipinski definition) is 6. The van der Waals surface area contributed by atoms with Gasteiger partial charge in [-0.05, 0) is 38.5 Å². The van der Waals surface area contributed by atoms with Crippen LogP contribution in [-0.4, -0.2) is 21.6 Å².